The zero-order valence-corrected chi connectivity index (χ0v) is 33.5. The van der Waals surface area contributed by atoms with Crippen LogP contribution in [0.2, 0.25) is 0 Å². The summed E-state index contributed by atoms with van der Waals surface area (Å²) in [7, 11) is 1.50. The van der Waals surface area contributed by atoms with Crippen molar-refractivity contribution in [2.24, 2.45) is 17.8 Å². The smallest absolute Gasteiger partial charge is 0.313 e. The summed E-state index contributed by atoms with van der Waals surface area (Å²) in [4.78, 5) is 60.7. The lowest BCUT2D eigenvalue weighted by Gasteiger charge is -2.40. The van der Waals surface area contributed by atoms with Crippen molar-refractivity contribution in [3.05, 3.63) is 90.5 Å². The first kappa shape index (κ1) is 41.3. The van der Waals surface area contributed by atoms with Gasteiger partial charge in [-0.2, -0.15) is 0 Å². The van der Waals surface area contributed by atoms with Crippen LogP contribution in [0.3, 0.4) is 0 Å². The number of methoxy groups -OCH3 is 1. The fourth-order valence-corrected chi connectivity index (χ4v) is 9.70. The van der Waals surface area contributed by atoms with Crippen molar-refractivity contribution in [2.45, 2.75) is 94.1 Å². The van der Waals surface area contributed by atoms with Gasteiger partial charge < -0.3 is 34.4 Å². The van der Waals surface area contributed by atoms with Gasteiger partial charge in [0, 0.05) is 30.6 Å². The third-order valence-electron chi connectivity index (χ3n) is 10.9. The predicted molar refractivity (Wildman–Crippen MR) is 210 cm³/mol. The molecule has 5 rings (SSSR count). The van der Waals surface area contributed by atoms with E-state index in [2.05, 4.69) is 34.4 Å². The average molecular weight is 809 g/mol. The molecule has 0 saturated carbocycles. The number of rotatable bonds is 18. The number of esters is 1. The molecular formula is C42H54BrN3O8. The van der Waals surface area contributed by atoms with Gasteiger partial charge in [0.15, 0.2) is 0 Å². The number of halogens is 1. The summed E-state index contributed by atoms with van der Waals surface area (Å²) in [6, 6.07) is 12.2. The van der Waals surface area contributed by atoms with E-state index in [4.69, 9.17) is 14.2 Å². The van der Waals surface area contributed by atoms with Gasteiger partial charge in [-0.15, -0.1) is 13.2 Å². The number of anilines is 1. The first-order chi connectivity index (χ1) is 25.8. The fraction of sp³-hybridized carbons (Fsp3) is 0.524. The summed E-state index contributed by atoms with van der Waals surface area (Å²) in [6.45, 7) is 15.3. The third kappa shape index (κ3) is 7.94. The lowest BCUT2D eigenvalue weighted by Crippen LogP contribution is -2.59. The lowest BCUT2D eigenvalue weighted by molar-refractivity contribution is -0.163. The molecule has 2 aromatic rings. The fourth-order valence-electron chi connectivity index (χ4n) is 8.75. The Morgan fingerprint density at radius 3 is 2.39 bits per heavy atom. The molecule has 2 aromatic carbocycles. The van der Waals surface area contributed by atoms with Gasteiger partial charge in [0.1, 0.15) is 17.7 Å². The molecule has 0 radical (unpaired) electrons. The van der Waals surface area contributed by atoms with E-state index in [1.54, 1.807) is 29.2 Å². The number of benzene rings is 2. The second-order valence-electron chi connectivity index (χ2n) is 15.1. The number of carbonyl (C=O) groups excluding carboxylic acids is 4. The summed E-state index contributed by atoms with van der Waals surface area (Å²) >= 11 is 3.77. The highest BCUT2D eigenvalue weighted by Gasteiger charge is 2.77. The molecule has 3 aliphatic heterocycles. The molecule has 0 aliphatic carbocycles. The van der Waals surface area contributed by atoms with E-state index in [1.807, 2.05) is 64.1 Å². The molecule has 1 spiro atoms. The molecule has 3 fully saturated rings. The molecule has 292 valence electrons. The molecule has 2 bridgehead atoms. The van der Waals surface area contributed by atoms with Crippen molar-refractivity contribution in [3.8, 4) is 0 Å². The molecular weight excluding hydrogens is 754 g/mol. The van der Waals surface area contributed by atoms with E-state index < -0.39 is 59.6 Å². The number of carbonyl (C=O) groups is 4. The number of allylic oxidation sites excluding steroid dienone is 1. The van der Waals surface area contributed by atoms with Crippen molar-refractivity contribution in [1.29, 1.82) is 0 Å². The van der Waals surface area contributed by atoms with Gasteiger partial charge in [0.05, 0.1) is 43.2 Å². The molecule has 3 saturated heterocycles. The van der Waals surface area contributed by atoms with Crippen LogP contribution in [0.15, 0.2) is 73.8 Å². The maximum absolute atomic E-state index is 15.2. The Balaban J connectivity index is 1.59. The molecule has 1 unspecified atom stereocenters. The minimum atomic E-state index is -1.40. The number of aliphatic hydroxyl groups is 1. The van der Waals surface area contributed by atoms with Gasteiger partial charge in [-0.3, -0.25) is 19.2 Å². The van der Waals surface area contributed by atoms with Crippen molar-refractivity contribution >= 4 is 45.3 Å². The Morgan fingerprint density at radius 1 is 1.11 bits per heavy atom. The number of hydrogen-bond donors (Lipinski definition) is 2. The SMILES string of the molecule is C=CCCC(=O)N[C@H](COC)[C@H](OC(=O)[C@H]1[C@@H]2O[C@@]3(CC2Br)[C@@H]1C(=O)N([C@@H](CO)CC(C)C)[C@@H]3C(=O)N(CC=C)c1c(C)cccc1C)c1ccccc1. The normalized spacial score (nSPS) is 25.9. The summed E-state index contributed by atoms with van der Waals surface area (Å²) in [6.07, 6.45) is 2.92. The Hall–Kier alpha value is -3.84. The first-order valence-corrected chi connectivity index (χ1v) is 19.6. The predicted octanol–water partition coefficient (Wildman–Crippen LogP) is 5.36. The summed E-state index contributed by atoms with van der Waals surface area (Å²) in [5.74, 6) is -3.82. The number of alkyl halides is 1. The zero-order valence-electron chi connectivity index (χ0n) is 31.9. The van der Waals surface area contributed by atoms with E-state index in [-0.39, 0.29) is 55.2 Å². The Bertz CT molecular complexity index is 1680. The van der Waals surface area contributed by atoms with Gasteiger partial charge in [0.2, 0.25) is 11.8 Å². The van der Waals surface area contributed by atoms with Crippen molar-refractivity contribution in [3.63, 3.8) is 0 Å². The zero-order chi connectivity index (χ0) is 39.3. The summed E-state index contributed by atoms with van der Waals surface area (Å²) in [5.41, 5.74) is 1.69. The summed E-state index contributed by atoms with van der Waals surface area (Å²) in [5, 5.41) is 13.8. The number of ether oxygens (including phenoxy) is 3. The number of hydrogen-bond acceptors (Lipinski definition) is 8. The minimum absolute atomic E-state index is 0.0415. The monoisotopic (exact) mass is 807 g/mol. The molecule has 2 N–H and O–H groups in total. The number of para-hydroxylation sites is 1. The maximum atomic E-state index is 15.2. The Morgan fingerprint density at radius 2 is 1.80 bits per heavy atom. The number of aryl methyl sites for hydroxylation is 2. The number of amides is 3. The van der Waals surface area contributed by atoms with Gasteiger partial charge in [-0.25, -0.2) is 0 Å². The van der Waals surface area contributed by atoms with Crippen LogP contribution in [0.25, 0.3) is 0 Å². The number of aliphatic hydroxyl groups excluding tert-OH is 1. The van der Waals surface area contributed by atoms with Gasteiger partial charge >= 0.3 is 5.97 Å². The Labute approximate surface area is 327 Å². The molecule has 0 aromatic heterocycles. The van der Waals surface area contributed by atoms with Crippen LogP contribution in [-0.4, -0.2) is 95.2 Å². The van der Waals surface area contributed by atoms with Crippen LogP contribution in [-0.2, 0) is 33.4 Å². The number of nitrogens with zero attached hydrogens (tertiary/aromatic N) is 2. The van der Waals surface area contributed by atoms with E-state index in [9.17, 15) is 14.7 Å². The van der Waals surface area contributed by atoms with Crippen molar-refractivity contribution < 1.29 is 38.5 Å². The van der Waals surface area contributed by atoms with Crippen LogP contribution >= 0.6 is 15.9 Å². The topological polar surface area (TPSA) is 135 Å². The van der Waals surface area contributed by atoms with Crippen molar-refractivity contribution in [2.75, 3.05) is 31.8 Å². The van der Waals surface area contributed by atoms with E-state index in [0.717, 1.165) is 11.1 Å². The average Bonchev–Trinajstić information content (AvgIpc) is 3.74. The third-order valence-corrected chi connectivity index (χ3v) is 11.7. The minimum Gasteiger partial charge on any atom is -0.455 e. The van der Waals surface area contributed by atoms with Gasteiger partial charge in [-0.05, 0) is 55.7 Å². The van der Waals surface area contributed by atoms with Crippen LogP contribution in [0.5, 0.6) is 0 Å². The standard InChI is InChI=1S/C42H54BrN3O8/c1-8-10-19-32(48)44-31(24-52-7)36(28-17-12-11-13-18-28)53-41(51)33-34-39(49)46(29(23-47)21-25(3)4)38(42(34)22-30(43)37(33)54-42)40(50)45(20-9-2)35-26(5)15-14-16-27(35)6/h8-9,11-18,25,29-31,33-34,36-38,47H,1-2,10,19-24H2,3-7H3,(H,44,48)/t29-,30?,31-,33-,34+,36-,37-,38-,42+/m1/s1. The highest BCUT2D eigenvalue weighted by Crippen LogP contribution is 2.61. The Kier molecular flexibility index (Phi) is 13.6. The molecule has 54 heavy (non-hydrogen) atoms. The quantitative estimate of drug-likeness (QED) is 0.117. The lowest BCUT2D eigenvalue weighted by atomic mass is 9.70. The largest absolute Gasteiger partial charge is 0.455 e. The summed E-state index contributed by atoms with van der Waals surface area (Å²) < 4.78 is 18.7. The van der Waals surface area contributed by atoms with Crippen LogP contribution in [0.1, 0.15) is 62.3 Å². The molecule has 3 amide bonds. The van der Waals surface area contributed by atoms with Crippen LogP contribution < -0.4 is 10.2 Å². The first-order valence-electron chi connectivity index (χ1n) is 18.7. The number of nitrogens with one attached hydrogen (secondary N) is 1. The van der Waals surface area contributed by atoms with Gasteiger partial charge in [-0.1, -0.05) is 90.5 Å². The van der Waals surface area contributed by atoms with Gasteiger partial charge in [0.25, 0.3) is 5.91 Å². The molecule has 9 atom stereocenters. The number of likely N-dealkylation sites (tertiary alicyclic amines) is 1. The van der Waals surface area contributed by atoms with Crippen LogP contribution in [0.4, 0.5) is 5.69 Å². The number of fused-ring (bicyclic) bond motifs is 1. The van der Waals surface area contributed by atoms with Crippen molar-refractivity contribution in [1.82, 2.24) is 10.2 Å². The second-order valence-corrected chi connectivity index (χ2v) is 16.3. The molecule has 11 nitrogen and oxygen atoms in total. The van der Waals surface area contributed by atoms with E-state index in [1.165, 1.54) is 12.0 Å². The van der Waals surface area contributed by atoms with Crippen LogP contribution in [0, 0.1) is 31.6 Å². The maximum Gasteiger partial charge on any atom is 0.313 e. The molecule has 3 aliphatic rings. The highest BCUT2D eigenvalue weighted by atomic mass is 79.9. The highest BCUT2D eigenvalue weighted by molar-refractivity contribution is 9.09. The second kappa shape index (κ2) is 17.7. The van der Waals surface area contributed by atoms with E-state index in [0.29, 0.717) is 24.1 Å². The molecule has 3 heterocycles. The molecule has 12 heteroatoms. The van der Waals surface area contributed by atoms with E-state index >= 15 is 9.59 Å².